The predicted octanol–water partition coefficient (Wildman–Crippen LogP) is 2.42. The summed E-state index contributed by atoms with van der Waals surface area (Å²) in [7, 11) is 0. The van der Waals surface area contributed by atoms with Gasteiger partial charge in [-0.2, -0.15) is 0 Å². The maximum Gasteiger partial charge on any atom is 0.234 e. The molecule has 1 heterocycles. The zero-order valence-corrected chi connectivity index (χ0v) is 9.24. The topological polar surface area (TPSA) is 20.3 Å². The Labute approximate surface area is 93.7 Å². The average molecular weight is 219 g/mol. The summed E-state index contributed by atoms with van der Waals surface area (Å²) in [6.45, 7) is 0. The number of carbonyl (C=O) groups is 1. The maximum atomic E-state index is 11.7. The lowest BCUT2D eigenvalue weighted by atomic mass is 10.2. The summed E-state index contributed by atoms with van der Waals surface area (Å²) < 4.78 is 0. The molecule has 3 heteroatoms. The van der Waals surface area contributed by atoms with Gasteiger partial charge in [-0.15, -0.1) is 11.8 Å². The summed E-state index contributed by atoms with van der Waals surface area (Å²) in [6.07, 6.45) is 2.38. The van der Waals surface area contributed by atoms with Gasteiger partial charge in [0.2, 0.25) is 5.91 Å². The Morgan fingerprint density at radius 1 is 1.20 bits per heavy atom. The van der Waals surface area contributed by atoms with E-state index in [2.05, 4.69) is 17.0 Å². The molecule has 2 fully saturated rings. The van der Waals surface area contributed by atoms with Crippen molar-refractivity contribution in [1.29, 1.82) is 0 Å². The summed E-state index contributed by atoms with van der Waals surface area (Å²) in [5.74, 6) is 0.965. The maximum absolute atomic E-state index is 11.7. The summed E-state index contributed by atoms with van der Waals surface area (Å²) in [4.78, 5) is 13.8. The Balaban J connectivity index is 1.89. The fourth-order valence-corrected chi connectivity index (χ4v) is 3.31. The lowest BCUT2D eigenvalue weighted by molar-refractivity contribution is -0.128. The van der Waals surface area contributed by atoms with Crippen LogP contribution in [0, 0.1) is 0 Å². The van der Waals surface area contributed by atoms with Crippen molar-refractivity contribution in [3.05, 3.63) is 35.9 Å². The zero-order valence-electron chi connectivity index (χ0n) is 8.43. The van der Waals surface area contributed by atoms with Gasteiger partial charge >= 0.3 is 0 Å². The van der Waals surface area contributed by atoms with Crippen LogP contribution in [-0.4, -0.2) is 22.6 Å². The van der Waals surface area contributed by atoms with E-state index in [0.717, 1.165) is 0 Å². The van der Waals surface area contributed by atoms with Crippen LogP contribution in [0.4, 0.5) is 0 Å². The quantitative estimate of drug-likeness (QED) is 0.761. The van der Waals surface area contributed by atoms with Gasteiger partial charge in [-0.25, -0.2) is 0 Å². The van der Waals surface area contributed by atoms with Gasteiger partial charge in [0, 0.05) is 6.04 Å². The number of hydrogen-bond acceptors (Lipinski definition) is 2. The number of carbonyl (C=O) groups excluding carboxylic acids is 1. The molecule has 0 spiro atoms. The minimum atomic E-state index is 0.270. The van der Waals surface area contributed by atoms with Crippen LogP contribution in [-0.2, 0) is 4.79 Å². The largest absolute Gasteiger partial charge is 0.323 e. The van der Waals surface area contributed by atoms with Crippen molar-refractivity contribution >= 4 is 17.7 Å². The van der Waals surface area contributed by atoms with Gasteiger partial charge in [-0.05, 0) is 18.4 Å². The van der Waals surface area contributed by atoms with Crippen molar-refractivity contribution in [3.63, 3.8) is 0 Å². The van der Waals surface area contributed by atoms with Crippen LogP contribution in [0.3, 0.4) is 0 Å². The van der Waals surface area contributed by atoms with Gasteiger partial charge in [0.15, 0.2) is 0 Å². The fraction of sp³-hybridized carbons (Fsp3) is 0.417. The van der Waals surface area contributed by atoms with Crippen LogP contribution < -0.4 is 0 Å². The number of amides is 1. The molecule has 1 unspecified atom stereocenters. The monoisotopic (exact) mass is 219 g/mol. The minimum absolute atomic E-state index is 0.270. The van der Waals surface area contributed by atoms with Crippen molar-refractivity contribution < 1.29 is 4.79 Å². The van der Waals surface area contributed by atoms with Crippen LogP contribution in [0.15, 0.2) is 30.3 Å². The van der Waals surface area contributed by atoms with Gasteiger partial charge in [-0.1, -0.05) is 30.3 Å². The Bertz CT molecular complexity index is 374. The lowest BCUT2D eigenvalue weighted by Gasteiger charge is -2.23. The Kier molecular flexibility index (Phi) is 2.20. The molecular weight excluding hydrogens is 206 g/mol. The smallest absolute Gasteiger partial charge is 0.234 e. The number of nitrogens with zero attached hydrogens (tertiary/aromatic N) is 1. The number of thioether (sulfide) groups is 1. The Morgan fingerprint density at radius 2 is 1.93 bits per heavy atom. The third kappa shape index (κ3) is 1.65. The molecule has 1 aliphatic carbocycles. The van der Waals surface area contributed by atoms with Crippen LogP contribution in [0.5, 0.6) is 0 Å². The molecule has 1 aromatic carbocycles. The molecule has 0 bridgehead atoms. The van der Waals surface area contributed by atoms with Gasteiger partial charge in [-0.3, -0.25) is 4.79 Å². The van der Waals surface area contributed by atoms with Gasteiger partial charge in [0.05, 0.1) is 5.75 Å². The average Bonchev–Trinajstić information content (AvgIpc) is 3.03. The van der Waals surface area contributed by atoms with Gasteiger partial charge < -0.3 is 4.90 Å². The van der Waals surface area contributed by atoms with E-state index in [1.807, 2.05) is 18.2 Å². The molecule has 1 amide bonds. The highest BCUT2D eigenvalue weighted by atomic mass is 32.2. The van der Waals surface area contributed by atoms with Crippen molar-refractivity contribution in [1.82, 2.24) is 4.90 Å². The van der Waals surface area contributed by atoms with E-state index in [1.165, 1.54) is 18.4 Å². The minimum Gasteiger partial charge on any atom is -0.323 e. The normalized spacial score (nSPS) is 26.0. The van der Waals surface area contributed by atoms with Crippen LogP contribution in [0.1, 0.15) is 23.8 Å². The van der Waals surface area contributed by atoms with E-state index in [1.54, 1.807) is 11.8 Å². The van der Waals surface area contributed by atoms with Crippen molar-refractivity contribution in [2.75, 3.05) is 5.75 Å². The highest BCUT2D eigenvalue weighted by Crippen LogP contribution is 2.44. The molecule has 1 aliphatic heterocycles. The van der Waals surface area contributed by atoms with E-state index in [4.69, 9.17) is 0 Å². The molecule has 0 aromatic heterocycles. The first-order valence-electron chi connectivity index (χ1n) is 5.34. The SMILES string of the molecule is O=C1CSC(c2ccccc2)N1C1CC1. The highest BCUT2D eigenvalue weighted by molar-refractivity contribution is 8.00. The Hall–Kier alpha value is -0.960. The van der Waals surface area contributed by atoms with Crippen molar-refractivity contribution in [3.8, 4) is 0 Å². The lowest BCUT2D eigenvalue weighted by Crippen LogP contribution is -2.30. The molecule has 1 saturated carbocycles. The van der Waals surface area contributed by atoms with E-state index in [9.17, 15) is 4.79 Å². The van der Waals surface area contributed by atoms with Crippen LogP contribution in [0.25, 0.3) is 0 Å². The molecule has 2 aliphatic rings. The van der Waals surface area contributed by atoms with E-state index < -0.39 is 0 Å². The van der Waals surface area contributed by atoms with Crippen LogP contribution in [0.2, 0.25) is 0 Å². The third-order valence-corrected chi connectivity index (χ3v) is 4.16. The molecule has 3 rings (SSSR count). The third-order valence-electron chi connectivity index (χ3n) is 2.93. The molecule has 78 valence electrons. The molecular formula is C12H13NOS. The van der Waals surface area contributed by atoms with Crippen LogP contribution >= 0.6 is 11.8 Å². The second-order valence-electron chi connectivity index (χ2n) is 4.11. The standard InChI is InChI=1S/C12H13NOS/c14-11-8-15-12(13(11)10-6-7-10)9-4-2-1-3-5-9/h1-5,10,12H,6-8H2. The molecule has 0 N–H and O–H groups in total. The fourth-order valence-electron chi connectivity index (χ4n) is 2.06. The zero-order chi connectivity index (χ0) is 10.3. The second kappa shape index (κ2) is 3.56. The number of benzene rings is 1. The first kappa shape index (κ1) is 9.28. The predicted molar refractivity (Wildman–Crippen MR) is 61.5 cm³/mol. The molecule has 0 radical (unpaired) electrons. The summed E-state index contributed by atoms with van der Waals surface area (Å²) >= 11 is 1.76. The summed E-state index contributed by atoms with van der Waals surface area (Å²) in [5.41, 5.74) is 1.26. The van der Waals surface area contributed by atoms with Gasteiger partial charge in [0.25, 0.3) is 0 Å². The second-order valence-corrected chi connectivity index (χ2v) is 5.17. The summed E-state index contributed by atoms with van der Waals surface area (Å²) in [5, 5.41) is 0.270. The first-order chi connectivity index (χ1) is 7.36. The van der Waals surface area contributed by atoms with Crippen molar-refractivity contribution in [2.45, 2.75) is 24.3 Å². The highest BCUT2D eigenvalue weighted by Gasteiger charge is 2.42. The van der Waals surface area contributed by atoms with E-state index in [0.29, 0.717) is 17.7 Å². The van der Waals surface area contributed by atoms with Crippen molar-refractivity contribution in [2.24, 2.45) is 0 Å². The van der Waals surface area contributed by atoms with E-state index >= 15 is 0 Å². The summed E-state index contributed by atoms with van der Waals surface area (Å²) in [6, 6.07) is 10.9. The molecule has 2 nitrogen and oxygen atoms in total. The molecule has 15 heavy (non-hydrogen) atoms. The first-order valence-corrected chi connectivity index (χ1v) is 6.39. The molecule has 1 aromatic rings. The molecule has 1 atom stereocenters. The van der Waals surface area contributed by atoms with Gasteiger partial charge in [0.1, 0.15) is 5.37 Å². The van der Waals surface area contributed by atoms with E-state index in [-0.39, 0.29) is 5.37 Å². The number of hydrogen-bond donors (Lipinski definition) is 0. The number of rotatable bonds is 2. The molecule has 1 saturated heterocycles. The Morgan fingerprint density at radius 3 is 2.60 bits per heavy atom.